The maximum absolute atomic E-state index is 12.6. The van der Waals surface area contributed by atoms with Gasteiger partial charge in [0.2, 0.25) is 0 Å². The first-order valence-corrected chi connectivity index (χ1v) is 8.54. The highest BCUT2D eigenvalue weighted by Gasteiger charge is 2.40. The molecule has 4 heteroatoms. The molecular weight excluding hydrogens is 304 g/mol. The fraction of sp³-hybridized carbons (Fsp3) is 0.550. The summed E-state index contributed by atoms with van der Waals surface area (Å²) in [7, 11) is 1.64. The van der Waals surface area contributed by atoms with Crippen molar-refractivity contribution in [2.75, 3.05) is 13.7 Å². The average Bonchev–Trinajstić information content (AvgIpc) is 2.62. The number of Topliss-reactive ketones (excluding diaryl/α,β-unsaturated/α-hetero) is 1. The number of hydrogen-bond acceptors (Lipinski definition) is 4. The molecule has 0 spiro atoms. The van der Waals surface area contributed by atoms with Crippen molar-refractivity contribution in [2.45, 2.75) is 51.9 Å². The lowest BCUT2D eigenvalue weighted by Crippen LogP contribution is -2.43. The zero-order chi connectivity index (χ0) is 17.6. The van der Waals surface area contributed by atoms with Gasteiger partial charge in [0.05, 0.1) is 19.8 Å². The highest BCUT2D eigenvalue weighted by Crippen LogP contribution is 2.37. The van der Waals surface area contributed by atoms with Crippen LogP contribution in [0, 0.1) is 5.41 Å². The number of rotatable bonds is 8. The topological polar surface area (TPSA) is 44.8 Å². The fourth-order valence-corrected chi connectivity index (χ4v) is 2.91. The van der Waals surface area contributed by atoms with Crippen molar-refractivity contribution in [3.05, 3.63) is 42.5 Å². The second-order valence-electron chi connectivity index (χ2n) is 6.72. The van der Waals surface area contributed by atoms with Gasteiger partial charge < -0.3 is 14.2 Å². The molecule has 1 aliphatic heterocycles. The Balaban J connectivity index is 2.02. The zero-order valence-corrected chi connectivity index (χ0v) is 14.9. The van der Waals surface area contributed by atoms with E-state index < -0.39 is 11.7 Å². The van der Waals surface area contributed by atoms with E-state index >= 15 is 0 Å². The summed E-state index contributed by atoms with van der Waals surface area (Å²) in [5.74, 6) is 1.04. The van der Waals surface area contributed by atoms with Crippen LogP contribution in [-0.4, -0.2) is 25.6 Å². The fourth-order valence-electron chi connectivity index (χ4n) is 2.91. The normalized spacial score (nSPS) is 21.3. The van der Waals surface area contributed by atoms with E-state index in [1.807, 2.05) is 44.2 Å². The molecule has 1 fully saturated rings. The summed E-state index contributed by atoms with van der Waals surface area (Å²) in [6, 6.07) is 7.64. The molecule has 2 rings (SSSR count). The Bertz CT molecular complexity index is 547. The Morgan fingerprint density at radius 3 is 2.71 bits per heavy atom. The van der Waals surface area contributed by atoms with Gasteiger partial charge >= 0.3 is 0 Å². The third kappa shape index (κ3) is 4.46. The van der Waals surface area contributed by atoms with Gasteiger partial charge in [0.15, 0.2) is 6.29 Å². The van der Waals surface area contributed by atoms with Crippen molar-refractivity contribution in [3.63, 3.8) is 0 Å². The minimum Gasteiger partial charge on any atom is -0.497 e. The SMILES string of the molecule is C=CCCCC(=O)C(C)(C)[C@@H]1CCO[C@H](c2ccc(OC)cc2)O1. The lowest BCUT2D eigenvalue weighted by Gasteiger charge is -2.39. The molecule has 0 unspecified atom stereocenters. The summed E-state index contributed by atoms with van der Waals surface area (Å²) in [5.41, 5.74) is 0.422. The molecule has 2 atom stereocenters. The van der Waals surface area contributed by atoms with Crippen LogP contribution in [0.1, 0.15) is 51.4 Å². The predicted molar refractivity (Wildman–Crippen MR) is 94.0 cm³/mol. The van der Waals surface area contributed by atoms with Crippen molar-refractivity contribution >= 4 is 5.78 Å². The average molecular weight is 332 g/mol. The Morgan fingerprint density at radius 1 is 1.38 bits per heavy atom. The van der Waals surface area contributed by atoms with E-state index in [9.17, 15) is 4.79 Å². The molecule has 24 heavy (non-hydrogen) atoms. The first kappa shape index (κ1) is 18.7. The molecule has 0 saturated carbocycles. The lowest BCUT2D eigenvalue weighted by molar-refractivity contribution is -0.238. The number of carbonyl (C=O) groups excluding carboxylic acids is 1. The van der Waals surface area contributed by atoms with Crippen LogP contribution in [0.4, 0.5) is 0 Å². The van der Waals surface area contributed by atoms with E-state index in [2.05, 4.69) is 6.58 Å². The van der Waals surface area contributed by atoms with Crippen molar-refractivity contribution in [1.29, 1.82) is 0 Å². The van der Waals surface area contributed by atoms with Crippen molar-refractivity contribution in [1.82, 2.24) is 0 Å². The van der Waals surface area contributed by atoms with Gasteiger partial charge in [-0.15, -0.1) is 6.58 Å². The Morgan fingerprint density at radius 2 is 2.08 bits per heavy atom. The van der Waals surface area contributed by atoms with Gasteiger partial charge in [0.1, 0.15) is 11.5 Å². The molecule has 1 heterocycles. The van der Waals surface area contributed by atoms with Gasteiger partial charge in [-0.1, -0.05) is 32.1 Å². The third-order valence-corrected chi connectivity index (χ3v) is 4.66. The lowest BCUT2D eigenvalue weighted by atomic mass is 9.78. The molecule has 0 radical (unpaired) electrons. The van der Waals surface area contributed by atoms with Gasteiger partial charge in [-0.05, 0) is 31.4 Å². The minimum atomic E-state index is -0.518. The number of ether oxygens (including phenoxy) is 3. The first-order chi connectivity index (χ1) is 11.5. The number of unbranched alkanes of at least 4 members (excludes halogenated alkanes) is 1. The molecule has 1 aromatic carbocycles. The van der Waals surface area contributed by atoms with Gasteiger partial charge in [-0.2, -0.15) is 0 Å². The Kier molecular flexibility index (Phi) is 6.58. The molecule has 0 aromatic heterocycles. The number of carbonyl (C=O) groups is 1. The second-order valence-corrected chi connectivity index (χ2v) is 6.72. The van der Waals surface area contributed by atoms with Gasteiger partial charge in [-0.3, -0.25) is 4.79 Å². The molecule has 0 aliphatic carbocycles. The van der Waals surface area contributed by atoms with Crippen LogP contribution in [0.2, 0.25) is 0 Å². The Labute approximate surface area is 144 Å². The van der Waals surface area contributed by atoms with E-state index in [0.717, 1.165) is 30.6 Å². The number of hydrogen-bond donors (Lipinski definition) is 0. The van der Waals surface area contributed by atoms with E-state index in [1.54, 1.807) is 7.11 Å². The van der Waals surface area contributed by atoms with Crippen molar-refractivity contribution < 1.29 is 19.0 Å². The van der Waals surface area contributed by atoms with Gasteiger partial charge in [-0.25, -0.2) is 0 Å². The van der Waals surface area contributed by atoms with Crippen molar-refractivity contribution in [3.8, 4) is 5.75 Å². The highest BCUT2D eigenvalue weighted by molar-refractivity contribution is 5.84. The van der Waals surface area contributed by atoms with Crippen LogP contribution in [0.25, 0.3) is 0 Å². The van der Waals surface area contributed by atoms with Crippen molar-refractivity contribution in [2.24, 2.45) is 5.41 Å². The molecule has 0 bridgehead atoms. The molecule has 0 N–H and O–H groups in total. The molecule has 132 valence electrons. The van der Waals surface area contributed by atoms with Gasteiger partial charge in [0, 0.05) is 17.4 Å². The summed E-state index contributed by atoms with van der Waals surface area (Å²) in [4.78, 5) is 12.6. The van der Waals surface area contributed by atoms with Crippen LogP contribution < -0.4 is 4.74 Å². The molecule has 1 saturated heterocycles. The van der Waals surface area contributed by atoms with E-state index in [-0.39, 0.29) is 11.9 Å². The Hall–Kier alpha value is -1.65. The maximum atomic E-state index is 12.6. The smallest absolute Gasteiger partial charge is 0.184 e. The summed E-state index contributed by atoms with van der Waals surface area (Å²) in [6.45, 7) is 8.24. The summed E-state index contributed by atoms with van der Waals surface area (Å²) >= 11 is 0. The van der Waals surface area contributed by atoms with Crippen LogP contribution in [0.3, 0.4) is 0 Å². The quantitative estimate of drug-likeness (QED) is 0.521. The monoisotopic (exact) mass is 332 g/mol. The van der Waals surface area contributed by atoms with E-state index in [1.165, 1.54) is 0 Å². The third-order valence-electron chi connectivity index (χ3n) is 4.66. The molecule has 1 aliphatic rings. The maximum Gasteiger partial charge on any atom is 0.184 e. The van der Waals surface area contributed by atoms with Crippen LogP contribution in [0.5, 0.6) is 5.75 Å². The largest absolute Gasteiger partial charge is 0.497 e. The first-order valence-electron chi connectivity index (χ1n) is 8.54. The van der Waals surface area contributed by atoms with Crippen LogP contribution in [-0.2, 0) is 14.3 Å². The summed E-state index contributed by atoms with van der Waals surface area (Å²) < 4.78 is 17.1. The minimum absolute atomic E-state index is 0.144. The van der Waals surface area contributed by atoms with E-state index in [0.29, 0.717) is 13.0 Å². The number of allylic oxidation sites excluding steroid dienone is 1. The van der Waals surface area contributed by atoms with Crippen LogP contribution in [0.15, 0.2) is 36.9 Å². The standard InChI is InChI=1S/C20H28O4/c1-5-6-7-8-17(21)20(2,3)18-13-14-23-19(24-18)15-9-11-16(22-4)12-10-15/h5,9-12,18-19H,1,6-8,13-14H2,2-4H3/t18-,19-/m0/s1. The summed E-state index contributed by atoms with van der Waals surface area (Å²) in [6.07, 6.45) is 4.27. The zero-order valence-electron chi connectivity index (χ0n) is 14.9. The predicted octanol–water partition coefficient (Wildman–Crippen LogP) is 4.45. The number of ketones is 1. The van der Waals surface area contributed by atoms with Gasteiger partial charge in [0.25, 0.3) is 0 Å². The highest BCUT2D eigenvalue weighted by atomic mass is 16.7. The summed E-state index contributed by atoms with van der Waals surface area (Å²) in [5, 5.41) is 0. The molecular formula is C20H28O4. The second kappa shape index (κ2) is 8.45. The van der Waals surface area contributed by atoms with E-state index in [4.69, 9.17) is 14.2 Å². The molecule has 1 aromatic rings. The number of benzene rings is 1. The number of methoxy groups -OCH3 is 1. The molecule has 0 amide bonds. The van der Waals surface area contributed by atoms with Crippen LogP contribution >= 0.6 is 0 Å². The molecule has 4 nitrogen and oxygen atoms in total.